The molecule has 0 bridgehead atoms. The van der Waals surface area contributed by atoms with Gasteiger partial charge in [0.2, 0.25) is 12.5 Å². The maximum Gasteiger partial charge on any atom is 0.239 e. The van der Waals surface area contributed by atoms with Crippen LogP contribution in [-0.4, -0.2) is 10.9 Å². The normalized spacial score (nSPS) is 9.88. The largest absolute Gasteiger partial charge is 0.312 e. The van der Waals surface area contributed by atoms with Gasteiger partial charge >= 0.3 is 0 Å². The number of rotatable bonds is 2. The summed E-state index contributed by atoms with van der Waals surface area (Å²) in [7, 11) is 0. The van der Waals surface area contributed by atoms with Crippen molar-refractivity contribution in [1.82, 2.24) is 4.98 Å². The van der Waals surface area contributed by atoms with E-state index in [1.165, 1.54) is 6.92 Å². The highest BCUT2D eigenvalue weighted by Gasteiger charge is 2.02. The molecule has 2 aromatic rings. The molecule has 4 heteroatoms. The number of anilines is 1. The van der Waals surface area contributed by atoms with Crippen molar-refractivity contribution in [2.75, 3.05) is 5.32 Å². The van der Waals surface area contributed by atoms with Crippen molar-refractivity contribution in [2.24, 2.45) is 0 Å². The van der Waals surface area contributed by atoms with E-state index in [-0.39, 0.29) is 5.91 Å². The Labute approximate surface area is 99.1 Å². The first-order chi connectivity index (χ1) is 8.19. The van der Waals surface area contributed by atoms with Crippen LogP contribution in [0.1, 0.15) is 12.5 Å². The van der Waals surface area contributed by atoms with Crippen molar-refractivity contribution >= 4 is 22.6 Å². The van der Waals surface area contributed by atoms with E-state index in [2.05, 4.69) is 15.1 Å². The number of pyridine rings is 1. The molecule has 1 aromatic carbocycles. The molecule has 2 rings (SSSR count). The standard InChI is InChI=1S/C13H11N3O/c1-9(17)15-13-6-5-11-4-3-10(8-14-2)7-12(11)16-13/h3-7H,8H2,1H3,(H,15,16,17). The van der Waals surface area contributed by atoms with Gasteiger partial charge in [-0.3, -0.25) is 4.79 Å². The van der Waals surface area contributed by atoms with Crippen LogP contribution in [0.25, 0.3) is 15.7 Å². The van der Waals surface area contributed by atoms with Crippen molar-refractivity contribution in [3.63, 3.8) is 0 Å². The third-order valence-electron chi connectivity index (χ3n) is 2.32. The molecule has 0 aliphatic rings. The summed E-state index contributed by atoms with van der Waals surface area (Å²) >= 11 is 0. The Bertz CT molecular complexity index is 614. The van der Waals surface area contributed by atoms with Gasteiger partial charge in [0.25, 0.3) is 0 Å². The zero-order chi connectivity index (χ0) is 12.3. The molecule has 0 aliphatic heterocycles. The number of benzene rings is 1. The van der Waals surface area contributed by atoms with E-state index in [0.717, 1.165) is 16.5 Å². The van der Waals surface area contributed by atoms with E-state index in [1.807, 2.05) is 24.3 Å². The summed E-state index contributed by atoms with van der Waals surface area (Å²) in [5.74, 6) is 0.388. The fraction of sp³-hybridized carbons (Fsp3) is 0.154. The second-order valence-electron chi connectivity index (χ2n) is 3.72. The van der Waals surface area contributed by atoms with Crippen LogP contribution in [0.4, 0.5) is 5.82 Å². The molecule has 1 N–H and O–H groups in total. The molecule has 1 heterocycles. The minimum Gasteiger partial charge on any atom is -0.312 e. The average Bonchev–Trinajstić information content (AvgIpc) is 2.28. The van der Waals surface area contributed by atoms with Gasteiger partial charge in [0, 0.05) is 17.9 Å². The molecule has 0 aliphatic carbocycles. The lowest BCUT2D eigenvalue weighted by molar-refractivity contribution is -0.114. The summed E-state index contributed by atoms with van der Waals surface area (Å²) in [6.07, 6.45) is 0. The zero-order valence-electron chi connectivity index (χ0n) is 9.40. The Kier molecular flexibility index (Phi) is 3.01. The molecule has 0 fully saturated rings. The zero-order valence-corrected chi connectivity index (χ0v) is 9.40. The van der Waals surface area contributed by atoms with Crippen LogP contribution in [-0.2, 0) is 11.3 Å². The number of hydrogen-bond donors (Lipinski definition) is 1. The van der Waals surface area contributed by atoms with Crippen molar-refractivity contribution < 1.29 is 4.79 Å². The smallest absolute Gasteiger partial charge is 0.239 e. The molecule has 0 spiro atoms. The first-order valence-corrected chi connectivity index (χ1v) is 5.19. The van der Waals surface area contributed by atoms with E-state index in [1.54, 1.807) is 6.07 Å². The van der Waals surface area contributed by atoms with Crippen molar-refractivity contribution in [1.29, 1.82) is 0 Å². The van der Waals surface area contributed by atoms with Gasteiger partial charge in [-0.25, -0.2) is 11.6 Å². The van der Waals surface area contributed by atoms with Gasteiger partial charge in [0.15, 0.2) is 0 Å². The average molecular weight is 225 g/mol. The Morgan fingerprint density at radius 1 is 1.41 bits per heavy atom. The second kappa shape index (κ2) is 4.62. The third-order valence-corrected chi connectivity index (χ3v) is 2.32. The van der Waals surface area contributed by atoms with E-state index >= 15 is 0 Å². The molecule has 84 valence electrons. The molecule has 0 unspecified atom stereocenters. The first-order valence-electron chi connectivity index (χ1n) is 5.19. The predicted molar refractivity (Wildman–Crippen MR) is 66.4 cm³/mol. The van der Waals surface area contributed by atoms with Gasteiger partial charge in [0.05, 0.1) is 5.52 Å². The van der Waals surface area contributed by atoms with Gasteiger partial charge in [0.1, 0.15) is 5.82 Å². The van der Waals surface area contributed by atoms with Crippen LogP contribution in [0.15, 0.2) is 30.3 Å². The van der Waals surface area contributed by atoms with Gasteiger partial charge < -0.3 is 10.2 Å². The molecule has 17 heavy (non-hydrogen) atoms. The number of carbonyl (C=O) groups is 1. The Hall–Kier alpha value is -2.41. The SMILES string of the molecule is [C-]#[N+]Cc1ccc2ccc(NC(C)=O)nc2c1. The highest BCUT2D eigenvalue weighted by Crippen LogP contribution is 2.17. The molecule has 0 saturated carbocycles. The van der Waals surface area contributed by atoms with Gasteiger partial charge in [-0.2, -0.15) is 0 Å². The van der Waals surface area contributed by atoms with Crippen LogP contribution < -0.4 is 5.32 Å². The summed E-state index contributed by atoms with van der Waals surface area (Å²) in [4.78, 5) is 18.6. The molecular weight excluding hydrogens is 214 g/mol. The minimum absolute atomic E-state index is 0.144. The predicted octanol–water partition coefficient (Wildman–Crippen LogP) is 2.61. The van der Waals surface area contributed by atoms with Crippen molar-refractivity contribution in [3.8, 4) is 0 Å². The molecular formula is C13H11N3O. The van der Waals surface area contributed by atoms with E-state index in [4.69, 9.17) is 6.57 Å². The van der Waals surface area contributed by atoms with Gasteiger partial charge in [-0.05, 0) is 18.2 Å². The monoisotopic (exact) mass is 225 g/mol. The summed E-state index contributed by atoms with van der Waals surface area (Å²) in [5, 5.41) is 3.63. The number of nitrogens with one attached hydrogen (secondary N) is 1. The van der Waals surface area contributed by atoms with Crippen LogP contribution >= 0.6 is 0 Å². The highest BCUT2D eigenvalue weighted by atomic mass is 16.1. The third kappa shape index (κ3) is 2.58. The fourth-order valence-electron chi connectivity index (χ4n) is 1.60. The van der Waals surface area contributed by atoms with Crippen LogP contribution in [0, 0.1) is 6.57 Å². The second-order valence-corrected chi connectivity index (χ2v) is 3.72. The first kappa shape index (κ1) is 11.1. The fourth-order valence-corrected chi connectivity index (χ4v) is 1.60. The minimum atomic E-state index is -0.144. The molecule has 0 saturated heterocycles. The van der Waals surface area contributed by atoms with Crippen molar-refractivity contribution in [2.45, 2.75) is 13.5 Å². The summed E-state index contributed by atoms with van der Waals surface area (Å²) in [5.41, 5.74) is 1.72. The van der Waals surface area contributed by atoms with E-state index < -0.39 is 0 Å². The molecule has 1 amide bonds. The number of fused-ring (bicyclic) bond motifs is 1. The number of hydrogen-bond acceptors (Lipinski definition) is 2. The van der Waals surface area contributed by atoms with Crippen molar-refractivity contribution in [3.05, 3.63) is 47.3 Å². The summed E-state index contributed by atoms with van der Waals surface area (Å²) in [6.45, 7) is 8.63. The topological polar surface area (TPSA) is 46.4 Å². The Morgan fingerprint density at radius 2 is 2.18 bits per heavy atom. The molecule has 0 radical (unpaired) electrons. The quantitative estimate of drug-likeness (QED) is 0.798. The van der Waals surface area contributed by atoms with Crippen LogP contribution in [0.2, 0.25) is 0 Å². The Morgan fingerprint density at radius 3 is 2.88 bits per heavy atom. The number of nitrogens with zero attached hydrogens (tertiary/aromatic N) is 2. The van der Waals surface area contributed by atoms with Crippen LogP contribution in [0.3, 0.4) is 0 Å². The lowest BCUT2D eigenvalue weighted by Gasteiger charge is -2.03. The summed E-state index contributed by atoms with van der Waals surface area (Å²) in [6, 6.07) is 9.38. The maximum absolute atomic E-state index is 10.9. The molecule has 0 atom stereocenters. The highest BCUT2D eigenvalue weighted by molar-refractivity contribution is 5.89. The van der Waals surface area contributed by atoms with Crippen LogP contribution in [0.5, 0.6) is 0 Å². The van der Waals surface area contributed by atoms with Gasteiger partial charge in [-0.1, -0.05) is 12.1 Å². The number of carbonyl (C=O) groups excluding carboxylic acids is 1. The van der Waals surface area contributed by atoms with E-state index in [0.29, 0.717) is 12.4 Å². The lowest BCUT2D eigenvalue weighted by Crippen LogP contribution is -2.07. The molecule has 4 nitrogen and oxygen atoms in total. The summed E-state index contributed by atoms with van der Waals surface area (Å²) < 4.78 is 0. The van der Waals surface area contributed by atoms with Gasteiger partial charge in [-0.15, -0.1) is 0 Å². The number of aromatic nitrogens is 1. The maximum atomic E-state index is 10.9. The van der Waals surface area contributed by atoms with E-state index in [9.17, 15) is 4.79 Å². The lowest BCUT2D eigenvalue weighted by atomic mass is 10.1. The number of amides is 1. The molecule has 1 aromatic heterocycles. The Balaban J connectivity index is 2.43.